The minimum absolute atomic E-state index is 0.0900. The molecule has 3 N–H and O–H groups in total. The highest BCUT2D eigenvalue weighted by atomic mass is 16.5. The third-order valence-electron chi connectivity index (χ3n) is 7.61. The van der Waals surface area contributed by atoms with Crippen LogP contribution in [0.3, 0.4) is 0 Å². The minimum atomic E-state index is 0.0900. The Balaban J connectivity index is 1.57. The normalized spacial score (nSPS) is 21.8. The fourth-order valence-corrected chi connectivity index (χ4v) is 5.81. The molecule has 3 rings (SSSR count). The zero-order valence-corrected chi connectivity index (χ0v) is 20.1. The number of unbranched alkanes of at least 4 members (excludes halogenated alkanes) is 1. The molecule has 1 saturated carbocycles. The lowest BCUT2D eigenvalue weighted by Crippen LogP contribution is -2.51. The van der Waals surface area contributed by atoms with E-state index in [4.69, 9.17) is 10.5 Å². The average Bonchev–Trinajstić information content (AvgIpc) is 2.85. The van der Waals surface area contributed by atoms with Crippen molar-refractivity contribution < 1.29 is 9.53 Å². The van der Waals surface area contributed by atoms with Gasteiger partial charge < -0.3 is 20.7 Å². The van der Waals surface area contributed by atoms with Crippen LogP contribution in [0.4, 0.5) is 4.79 Å². The lowest BCUT2D eigenvalue weighted by Gasteiger charge is -2.38. The Kier molecular flexibility index (Phi) is 10.8. The number of nitrogens with two attached hydrogens (primary N) is 1. The van der Waals surface area contributed by atoms with Crippen LogP contribution in [0.2, 0.25) is 0 Å². The molecule has 1 aliphatic carbocycles. The Labute approximate surface area is 195 Å². The summed E-state index contributed by atoms with van der Waals surface area (Å²) in [5.41, 5.74) is 7.47. The Hall–Kier alpha value is -1.59. The zero-order chi connectivity index (χ0) is 22.6. The molecule has 2 aliphatic rings. The van der Waals surface area contributed by atoms with Crippen LogP contribution < -0.4 is 11.1 Å². The van der Waals surface area contributed by atoms with E-state index in [2.05, 4.69) is 40.5 Å². The van der Waals surface area contributed by atoms with Crippen LogP contribution in [0, 0.1) is 11.8 Å². The molecule has 180 valence electrons. The predicted molar refractivity (Wildman–Crippen MR) is 132 cm³/mol. The molecule has 3 atom stereocenters. The fraction of sp³-hybridized carbons (Fsp3) is 0.741. The molecule has 1 aromatic rings. The van der Waals surface area contributed by atoms with Crippen LogP contribution in [0.1, 0.15) is 82.1 Å². The predicted octanol–water partition coefficient (Wildman–Crippen LogP) is 5.31. The van der Waals surface area contributed by atoms with E-state index < -0.39 is 0 Å². The highest BCUT2D eigenvalue weighted by Crippen LogP contribution is 2.35. The Bertz CT molecular complexity index is 648. The number of benzene rings is 1. The molecule has 1 heterocycles. The summed E-state index contributed by atoms with van der Waals surface area (Å²) < 4.78 is 5.25. The molecule has 2 fully saturated rings. The molecule has 32 heavy (non-hydrogen) atoms. The van der Waals surface area contributed by atoms with Gasteiger partial charge in [-0.1, -0.05) is 68.9 Å². The van der Waals surface area contributed by atoms with E-state index in [0.29, 0.717) is 18.4 Å². The maximum atomic E-state index is 13.2. The quantitative estimate of drug-likeness (QED) is 0.456. The molecule has 0 radical (unpaired) electrons. The van der Waals surface area contributed by atoms with Crippen molar-refractivity contribution in [1.82, 2.24) is 10.2 Å². The van der Waals surface area contributed by atoms with Crippen molar-refractivity contribution in [2.75, 3.05) is 33.4 Å². The van der Waals surface area contributed by atoms with Crippen LogP contribution >= 0.6 is 0 Å². The van der Waals surface area contributed by atoms with Gasteiger partial charge in [0.05, 0.1) is 0 Å². The second kappa shape index (κ2) is 13.8. The lowest BCUT2D eigenvalue weighted by atomic mass is 9.78. The second-order valence-electron chi connectivity index (χ2n) is 9.98. The van der Waals surface area contributed by atoms with Crippen LogP contribution in [0.5, 0.6) is 0 Å². The van der Waals surface area contributed by atoms with Crippen molar-refractivity contribution in [1.29, 1.82) is 0 Å². The van der Waals surface area contributed by atoms with Crippen molar-refractivity contribution in [3.63, 3.8) is 0 Å². The lowest BCUT2D eigenvalue weighted by molar-refractivity contribution is 0.147. The van der Waals surface area contributed by atoms with Crippen molar-refractivity contribution in [2.45, 2.75) is 82.6 Å². The molecule has 5 nitrogen and oxygen atoms in total. The molecule has 1 aromatic carbocycles. The van der Waals surface area contributed by atoms with Gasteiger partial charge in [0.15, 0.2) is 0 Å². The van der Waals surface area contributed by atoms with Crippen molar-refractivity contribution in [3.05, 3.63) is 35.9 Å². The van der Waals surface area contributed by atoms with E-state index in [1.54, 1.807) is 7.11 Å². The number of urea groups is 1. The van der Waals surface area contributed by atoms with Gasteiger partial charge >= 0.3 is 6.03 Å². The number of piperidine rings is 1. The second-order valence-corrected chi connectivity index (χ2v) is 9.98. The molecule has 0 bridgehead atoms. The van der Waals surface area contributed by atoms with Gasteiger partial charge in [0.1, 0.15) is 0 Å². The molecular weight excluding hydrogens is 398 g/mol. The Morgan fingerprint density at radius 3 is 2.62 bits per heavy atom. The number of amides is 2. The number of rotatable bonds is 11. The number of nitrogens with one attached hydrogen (secondary N) is 1. The molecular formula is C27H45N3O2. The molecule has 0 aromatic heterocycles. The third kappa shape index (κ3) is 7.77. The number of hydrogen-bond donors (Lipinski definition) is 2. The van der Waals surface area contributed by atoms with E-state index in [9.17, 15) is 4.79 Å². The summed E-state index contributed by atoms with van der Waals surface area (Å²) in [6.45, 7) is 3.05. The first-order valence-electron chi connectivity index (χ1n) is 13.0. The monoisotopic (exact) mass is 443 g/mol. The highest BCUT2D eigenvalue weighted by molar-refractivity contribution is 5.74. The zero-order valence-electron chi connectivity index (χ0n) is 20.1. The number of methoxy groups -OCH3 is 1. The molecule has 3 unspecified atom stereocenters. The van der Waals surface area contributed by atoms with Gasteiger partial charge in [-0.25, -0.2) is 4.79 Å². The van der Waals surface area contributed by atoms with E-state index in [1.165, 1.54) is 44.1 Å². The molecule has 1 aliphatic heterocycles. The number of likely N-dealkylation sites (tertiary alicyclic amines) is 1. The summed E-state index contributed by atoms with van der Waals surface area (Å²) in [7, 11) is 1.77. The maximum Gasteiger partial charge on any atom is 0.317 e. The number of hydrogen-bond acceptors (Lipinski definition) is 3. The molecule has 2 amide bonds. The van der Waals surface area contributed by atoms with Gasteiger partial charge in [-0.3, -0.25) is 0 Å². The van der Waals surface area contributed by atoms with Crippen molar-refractivity contribution in [2.24, 2.45) is 17.6 Å². The summed E-state index contributed by atoms with van der Waals surface area (Å²) in [6.07, 6.45) is 13.3. The van der Waals surface area contributed by atoms with Crippen molar-refractivity contribution >= 4 is 6.03 Å². The topological polar surface area (TPSA) is 67.6 Å². The van der Waals surface area contributed by atoms with Crippen LogP contribution in [-0.2, 0) is 4.74 Å². The third-order valence-corrected chi connectivity index (χ3v) is 7.61. The van der Waals surface area contributed by atoms with E-state index >= 15 is 0 Å². The number of ether oxygens (including phenoxy) is 1. The Morgan fingerprint density at radius 1 is 1.12 bits per heavy atom. The summed E-state index contributed by atoms with van der Waals surface area (Å²) >= 11 is 0. The van der Waals surface area contributed by atoms with Crippen LogP contribution in [0.15, 0.2) is 30.3 Å². The van der Waals surface area contributed by atoms with Crippen molar-refractivity contribution in [3.8, 4) is 0 Å². The molecule has 1 saturated heterocycles. The van der Waals surface area contributed by atoms with Crippen LogP contribution in [-0.4, -0.2) is 50.3 Å². The smallest absolute Gasteiger partial charge is 0.317 e. The summed E-state index contributed by atoms with van der Waals surface area (Å²) in [4.78, 5) is 15.2. The van der Waals surface area contributed by atoms with E-state index in [-0.39, 0.29) is 12.1 Å². The van der Waals surface area contributed by atoms with Gasteiger partial charge in [0.25, 0.3) is 0 Å². The summed E-state index contributed by atoms with van der Waals surface area (Å²) in [6, 6.07) is 11.1. The Morgan fingerprint density at radius 2 is 1.91 bits per heavy atom. The summed E-state index contributed by atoms with van der Waals surface area (Å²) in [5, 5.41) is 3.29. The maximum absolute atomic E-state index is 13.2. The first-order chi connectivity index (χ1) is 15.7. The van der Waals surface area contributed by atoms with Crippen LogP contribution in [0.25, 0.3) is 0 Å². The van der Waals surface area contributed by atoms with E-state index in [0.717, 1.165) is 57.7 Å². The standard InChI is InChI=1S/C27H45N3O2/c1-32-18-9-8-16-26(23-13-6-3-7-14-23)24-15-10-17-30(21-24)27(31)29-25(20-28)19-22-11-4-2-5-12-22/h3,6-7,13-14,22,24-26H,2,4-5,8-12,15-21,28H2,1H3,(H,29,31). The van der Waals surface area contributed by atoms with Gasteiger partial charge in [0, 0.05) is 39.4 Å². The van der Waals surface area contributed by atoms with Gasteiger partial charge in [-0.15, -0.1) is 0 Å². The molecule has 5 heteroatoms. The largest absolute Gasteiger partial charge is 0.385 e. The van der Waals surface area contributed by atoms with E-state index in [1.807, 2.05) is 0 Å². The highest BCUT2D eigenvalue weighted by Gasteiger charge is 2.31. The minimum Gasteiger partial charge on any atom is -0.385 e. The van der Waals surface area contributed by atoms with Gasteiger partial charge in [-0.05, 0) is 55.4 Å². The summed E-state index contributed by atoms with van der Waals surface area (Å²) in [5.74, 6) is 1.73. The molecule has 0 spiro atoms. The number of carbonyl (C=O) groups is 1. The number of nitrogens with zero attached hydrogens (tertiary/aromatic N) is 1. The van der Waals surface area contributed by atoms with Gasteiger partial charge in [0.2, 0.25) is 0 Å². The number of carbonyl (C=O) groups excluding carboxylic acids is 1. The first kappa shape index (κ1) is 25.0. The average molecular weight is 444 g/mol. The first-order valence-corrected chi connectivity index (χ1v) is 13.0. The van der Waals surface area contributed by atoms with Gasteiger partial charge in [-0.2, -0.15) is 0 Å². The SMILES string of the molecule is COCCCCC(c1ccccc1)C1CCCN(C(=O)NC(CN)CC2CCCCC2)C1. The fourth-order valence-electron chi connectivity index (χ4n) is 5.81.